The molecule has 0 spiro atoms. The summed E-state index contributed by atoms with van der Waals surface area (Å²) < 4.78 is 3.72. The maximum atomic E-state index is 2.39. The summed E-state index contributed by atoms with van der Waals surface area (Å²) in [6.45, 7) is 0. The molecular formula is C26H17NS. The minimum Gasteiger partial charge on any atom is -0.309 e. The minimum absolute atomic E-state index is 1.20. The number of nitrogens with zero attached hydrogens (tertiary/aromatic N) is 1. The van der Waals surface area contributed by atoms with Crippen LogP contribution in [0, 0.1) is 0 Å². The SMILES string of the molecule is c1ccc(-c2ccc(-n3c4ccccc4c4cc5ccsc5cc43)cc2)cc1. The highest BCUT2D eigenvalue weighted by molar-refractivity contribution is 7.17. The van der Waals surface area contributed by atoms with E-state index < -0.39 is 0 Å². The molecule has 6 rings (SSSR count). The Balaban J connectivity index is 1.62. The van der Waals surface area contributed by atoms with Crippen LogP contribution in [0.15, 0.2) is 102 Å². The molecule has 0 saturated carbocycles. The van der Waals surface area contributed by atoms with Crippen LogP contribution in [0.2, 0.25) is 0 Å². The number of thiophene rings is 1. The predicted molar refractivity (Wildman–Crippen MR) is 122 cm³/mol. The van der Waals surface area contributed by atoms with Gasteiger partial charge >= 0.3 is 0 Å². The zero-order chi connectivity index (χ0) is 18.5. The van der Waals surface area contributed by atoms with E-state index >= 15 is 0 Å². The highest BCUT2D eigenvalue weighted by atomic mass is 32.1. The third kappa shape index (κ3) is 2.32. The van der Waals surface area contributed by atoms with Crippen LogP contribution in [-0.4, -0.2) is 4.57 Å². The second-order valence-corrected chi connectivity index (χ2v) is 8.04. The van der Waals surface area contributed by atoms with Crippen molar-refractivity contribution in [1.29, 1.82) is 0 Å². The molecule has 0 fully saturated rings. The van der Waals surface area contributed by atoms with Crippen LogP contribution in [-0.2, 0) is 0 Å². The summed E-state index contributed by atoms with van der Waals surface area (Å²) in [7, 11) is 0. The van der Waals surface area contributed by atoms with Crippen LogP contribution in [0.4, 0.5) is 0 Å². The fourth-order valence-corrected chi connectivity index (χ4v) is 4.94. The van der Waals surface area contributed by atoms with Gasteiger partial charge in [0.15, 0.2) is 0 Å². The molecule has 0 radical (unpaired) electrons. The van der Waals surface area contributed by atoms with Crippen LogP contribution in [0.3, 0.4) is 0 Å². The second-order valence-electron chi connectivity index (χ2n) is 7.09. The number of benzene rings is 4. The van der Waals surface area contributed by atoms with Crippen molar-refractivity contribution in [2.24, 2.45) is 0 Å². The van der Waals surface area contributed by atoms with Crippen LogP contribution in [0.5, 0.6) is 0 Å². The summed E-state index contributed by atoms with van der Waals surface area (Å²) in [6.07, 6.45) is 0. The van der Waals surface area contributed by atoms with E-state index in [0.717, 1.165) is 0 Å². The lowest BCUT2D eigenvalue weighted by molar-refractivity contribution is 1.18. The van der Waals surface area contributed by atoms with E-state index in [-0.39, 0.29) is 0 Å². The molecular weight excluding hydrogens is 358 g/mol. The summed E-state index contributed by atoms with van der Waals surface area (Å²) in [6, 6.07) is 35.0. The van der Waals surface area contributed by atoms with Gasteiger partial charge in [0.1, 0.15) is 0 Å². The van der Waals surface area contributed by atoms with E-state index in [0.29, 0.717) is 0 Å². The van der Waals surface area contributed by atoms with Gasteiger partial charge in [-0.25, -0.2) is 0 Å². The maximum Gasteiger partial charge on any atom is 0.0555 e. The molecule has 0 amide bonds. The molecule has 1 nitrogen and oxygen atoms in total. The molecule has 2 heteroatoms. The molecule has 0 N–H and O–H groups in total. The van der Waals surface area contributed by atoms with Crippen molar-refractivity contribution in [1.82, 2.24) is 4.57 Å². The lowest BCUT2D eigenvalue weighted by Gasteiger charge is -2.09. The van der Waals surface area contributed by atoms with Gasteiger partial charge in [0.2, 0.25) is 0 Å². The number of rotatable bonds is 2. The van der Waals surface area contributed by atoms with E-state index in [1.165, 1.54) is 48.7 Å². The van der Waals surface area contributed by atoms with E-state index in [1.54, 1.807) is 11.3 Å². The van der Waals surface area contributed by atoms with Crippen molar-refractivity contribution in [3.05, 3.63) is 102 Å². The summed E-state index contributed by atoms with van der Waals surface area (Å²) in [5.74, 6) is 0. The van der Waals surface area contributed by atoms with Crippen molar-refractivity contribution in [3.8, 4) is 16.8 Å². The fourth-order valence-electron chi connectivity index (χ4n) is 4.14. The Kier molecular flexibility index (Phi) is 3.40. The lowest BCUT2D eigenvalue weighted by Crippen LogP contribution is -1.93. The van der Waals surface area contributed by atoms with E-state index in [4.69, 9.17) is 0 Å². The Bertz CT molecular complexity index is 1440. The number of hydrogen-bond donors (Lipinski definition) is 0. The van der Waals surface area contributed by atoms with Gasteiger partial charge in [-0.1, -0.05) is 60.7 Å². The van der Waals surface area contributed by atoms with Crippen molar-refractivity contribution in [3.63, 3.8) is 0 Å². The van der Waals surface area contributed by atoms with Gasteiger partial charge in [-0.3, -0.25) is 0 Å². The van der Waals surface area contributed by atoms with Crippen LogP contribution in [0.1, 0.15) is 0 Å². The molecule has 6 aromatic rings. The van der Waals surface area contributed by atoms with E-state index in [2.05, 4.69) is 107 Å². The Labute approximate surface area is 167 Å². The first-order valence-electron chi connectivity index (χ1n) is 9.45. The number of fused-ring (bicyclic) bond motifs is 4. The summed E-state index contributed by atoms with van der Waals surface area (Å²) in [4.78, 5) is 0. The molecule has 0 aliphatic carbocycles. The minimum atomic E-state index is 1.20. The largest absolute Gasteiger partial charge is 0.309 e. The molecule has 2 heterocycles. The molecule has 0 aliphatic heterocycles. The van der Waals surface area contributed by atoms with Gasteiger partial charge in [-0.2, -0.15) is 0 Å². The van der Waals surface area contributed by atoms with Gasteiger partial charge < -0.3 is 4.57 Å². The third-order valence-electron chi connectivity index (χ3n) is 5.48. The normalized spacial score (nSPS) is 11.6. The van der Waals surface area contributed by atoms with Crippen molar-refractivity contribution < 1.29 is 0 Å². The van der Waals surface area contributed by atoms with Crippen molar-refractivity contribution in [2.75, 3.05) is 0 Å². The molecule has 0 bridgehead atoms. The van der Waals surface area contributed by atoms with Crippen molar-refractivity contribution in [2.45, 2.75) is 0 Å². The average Bonchev–Trinajstić information content (AvgIpc) is 3.35. The van der Waals surface area contributed by atoms with Crippen molar-refractivity contribution >= 4 is 43.2 Å². The first kappa shape index (κ1) is 15.7. The molecule has 28 heavy (non-hydrogen) atoms. The van der Waals surface area contributed by atoms with Crippen LogP contribution in [0.25, 0.3) is 48.7 Å². The third-order valence-corrected chi connectivity index (χ3v) is 6.36. The first-order valence-corrected chi connectivity index (χ1v) is 10.3. The highest BCUT2D eigenvalue weighted by Gasteiger charge is 2.13. The topological polar surface area (TPSA) is 4.93 Å². The molecule has 0 saturated heterocycles. The quantitative estimate of drug-likeness (QED) is 0.293. The van der Waals surface area contributed by atoms with E-state index in [9.17, 15) is 0 Å². The summed E-state index contributed by atoms with van der Waals surface area (Å²) in [5.41, 5.74) is 6.20. The fraction of sp³-hybridized carbons (Fsp3) is 0. The Morgan fingerprint density at radius 1 is 0.571 bits per heavy atom. The van der Waals surface area contributed by atoms with Crippen LogP contribution < -0.4 is 0 Å². The van der Waals surface area contributed by atoms with E-state index in [1.807, 2.05) is 0 Å². The molecule has 132 valence electrons. The van der Waals surface area contributed by atoms with Gasteiger partial charge in [0.25, 0.3) is 0 Å². The Hall–Kier alpha value is -3.36. The average molecular weight is 375 g/mol. The summed E-state index contributed by atoms with van der Waals surface area (Å²) >= 11 is 1.80. The zero-order valence-electron chi connectivity index (χ0n) is 15.2. The standard InChI is InChI=1S/C26H17NS/c1-2-6-18(7-3-1)19-10-12-21(13-11-19)27-24-9-5-4-8-22(24)23-16-20-14-15-28-26(20)17-25(23)27/h1-17H. The lowest BCUT2D eigenvalue weighted by atomic mass is 10.1. The Morgan fingerprint density at radius 2 is 1.32 bits per heavy atom. The Morgan fingerprint density at radius 3 is 2.18 bits per heavy atom. The predicted octanol–water partition coefficient (Wildman–Crippen LogP) is 7.67. The van der Waals surface area contributed by atoms with Crippen LogP contribution >= 0.6 is 11.3 Å². The molecule has 4 aromatic carbocycles. The molecule has 0 aliphatic rings. The zero-order valence-corrected chi connectivity index (χ0v) is 16.0. The molecule has 0 atom stereocenters. The van der Waals surface area contributed by atoms with Gasteiger partial charge in [0.05, 0.1) is 11.0 Å². The maximum absolute atomic E-state index is 2.39. The summed E-state index contributed by atoms with van der Waals surface area (Å²) in [5, 5.41) is 6.11. The highest BCUT2D eigenvalue weighted by Crippen LogP contribution is 2.36. The number of aromatic nitrogens is 1. The van der Waals surface area contributed by atoms with Gasteiger partial charge in [-0.05, 0) is 58.3 Å². The van der Waals surface area contributed by atoms with Gasteiger partial charge in [-0.15, -0.1) is 11.3 Å². The number of para-hydroxylation sites is 1. The smallest absolute Gasteiger partial charge is 0.0555 e. The monoisotopic (exact) mass is 375 g/mol. The van der Waals surface area contributed by atoms with Gasteiger partial charge in [0, 0.05) is 21.2 Å². The molecule has 2 aromatic heterocycles. The first-order chi connectivity index (χ1) is 13.9. The molecule has 0 unspecified atom stereocenters. The second kappa shape index (κ2) is 6.08. The number of hydrogen-bond acceptors (Lipinski definition) is 1.